The number of methoxy groups -OCH3 is 1. The molecule has 1 aliphatic heterocycles. The maximum atomic E-state index is 13.9. The maximum Gasteiger partial charge on any atom is 0.251 e. The van der Waals surface area contributed by atoms with Gasteiger partial charge in [-0.15, -0.1) is 0 Å². The van der Waals surface area contributed by atoms with E-state index in [0.29, 0.717) is 0 Å². The highest BCUT2D eigenvalue weighted by atomic mass is 19.1. The van der Waals surface area contributed by atoms with E-state index in [4.69, 9.17) is 0 Å². The Morgan fingerprint density at radius 2 is 1.94 bits per heavy atom. The number of amides is 1. The van der Waals surface area contributed by atoms with Crippen molar-refractivity contribution < 1.29 is 18.3 Å². The number of hydrogen-bond donors (Lipinski definition) is 1. The zero-order valence-corrected chi connectivity index (χ0v) is 10.2. The Balaban J connectivity index is 2.54. The third-order valence-electron chi connectivity index (χ3n) is 2.93. The van der Waals surface area contributed by atoms with Crippen LogP contribution in [0.25, 0.3) is 0 Å². The maximum absolute atomic E-state index is 13.9. The average molecular weight is 254 g/mol. The van der Waals surface area contributed by atoms with Crippen LogP contribution >= 0.6 is 0 Å². The summed E-state index contributed by atoms with van der Waals surface area (Å²) in [7, 11) is 1.25. The molecule has 0 spiro atoms. The van der Waals surface area contributed by atoms with Gasteiger partial charge in [-0.1, -0.05) is 0 Å². The Kier molecular flexibility index (Phi) is 2.80. The Morgan fingerprint density at radius 3 is 2.44 bits per heavy atom. The van der Waals surface area contributed by atoms with Gasteiger partial charge in [0.25, 0.3) is 5.91 Å². The number of ether oxygens (including phenoxy) is 1. The molecule has 0 radical (unpaired) electrons. The molecule has 0 unspecified atom stereocenters. The topological polar surface area (TPSA) is 50.7 Å². The molecule has 0 bridgehead atoms. The first-order valence-corrected chi connectivity index (χ1v) is 5.30. The van der Waals surface area contributed by atoms with Gasteiger partial charge < -0.3 is 4.74 Å². The van der Waals surface area contributed by atoms with Crippen LogP contribution in [0, 0.1) is 17.0 Å². The Bertz CT molecular complexity index is 553. The number of carbonyl (C=O) groups is 1. The number of halogens is 2. The molecule has 0 aromatic heterocycles. The number of rotatable bonds is 2. The molecule has 6 heteroatoms. The summed E-state index contributed by atoms with van der Waals surface area (Å²) < 4.78 is 32.1. The summed E-state index contributed by atoms with van der Waals surface area (Å²) in [6.07, 6.45) is 0. The molecule has 0 saturated heterocycles. The van der Waals surface area contributed by atoms with Crippen LogP contribution in [0.4, 0.5) is 8.78 Å². The van der Waals surface area contributed by atoms with Crippen LogP contribution in [0.2, 0.25) is 0 Å². The monoisotopic (exact) mass is 254 g/mol. The first-order chi connectivity index (χ1) is 8.37. The molecule has 4 nitrogen and oxygen atoms in total. The highest BCUT2D eigenvalue weighted by Crippen LogP contribution is 2.30. The Hall–Kier alpha value is -1.98. The van der Waals surface area contributed by atoms with Crippen molar-refractivity contribution >= 4 is 11.6 Å². The van der Waals surface area contributed by atoms with E-state index in [9.17, 15) is 13.6 Å². The van der Waals surface area contributed by atoms with Gasteiger partial charge in [-0.3, -0.25) is 4.79 Å². The van der Waals surface area contributed by atoms with Crippen LogP contribution in [0.5, 0.6) is 5.75 Å². The number of nitrogens with one attached hydrogen (secondary N) is 1. The minimum atomic E-state index is -0.998. The van der Waals surface area contributed by atoms with Gasteiger partial charge in [0.15, 0.2) is 11.6 Å². The van der Waals surface area contributed by atoms with Crippen LogP contribution in [0.15, 0.2) is 17.2 Å². The van der Waals surface area contributed by atoms with Crippen LogP contribution in [0.3, 0.4) is 0 Å². The molecule has 0 saturated carbocycles. The minimum Gasteiger partial charge on any atom is -0.494 e. The van der Waals surface area contributed by atoms with Crippen molar-refractivity contribution in [2.45, 2.75) is 13.8 Å². The Labute approximate surface area is 103 Å². The van der Waals surface area contributed by atoms with Crippen molar-refractivity contribution in [1.29, 1.82) is 0 Å². The number of hydrogen-bond acceptors (Lipinski definition) is 3. The first kappa shape index (κ1) is 12.5. The Morgan fingerprint density at radius 1 is 1.28 bits per heavy atom. The summed E-state index contributed by atoms with van der Waals surface area (Å²) in [4.78, 5) is 11.5. The SMILES string of the molecule is COc1cc(F)c(C2=NNC(=O)C2(C)C)cc1F. The molecule has 1 aromatic carbocycles. The normalized spacial score (nSPS) is 17.4. The molecule has 18 heavy (non-hydrogen) atoms. The molecule has 1 amide bonds. The lowest BCUT2D eigenvalue weighted by Gasteiger charge is -2.17. The summed E-state index contributed by atoms with van der Waals surface area (Å²) in [6, 6.07) is 1.92. The summed E-state index contributed by atoms with van der Waals surface area (Å²) in [6.45, 7) is 3.19. The molecule has 2 rings (SSSR count). The minimum absolute atomic E-state index is 0.0448. The summed E-state index contributed by atoms with van der Waals surface area (Å²) in [5.41, 5.74) is 1.39. The molecule has 0 fully saturated rings. The van der Waals surface area contributed by atoms with Crippen LogP contribution in [0.1, 0.15) is 19.4 Å². The van der Waals surface area contributed by atoms with Crippen molar-refractivity contribution in [3.63, 3.8) is 0 Å². The third kappa shape index (κ3) is 1.73. The van der Waals surface area contributed by atoms with Gasteiger partial charge in [0.1, 0.15) is 5.82 Å². The molecular weight excluding hydrogens is 242 g/mol. The standard InChI is InChI=1S/C12H12F2N2O2/c1-12(2)10(15-16-11(12)17)6-4-8(14)9(18-3)5-7(6)13/h4-5H,1-3H3,(H,16,17). The largest absolute Gasteiger partial charge is 0.494 e. The molecule has 1 N–H and O–H groups in total. The lowest BCUT2D eigenvalue weighted by atomic mass is 9.83. The molecule has 1 aliphatic rings. The lowest BCUT2D eigenvalue weighted by molar-refractivity contribution is -0.125. The second-order valence-electron chi connectivity index (χ2n) is 4.49. The fraction of sp³-hybridized carbons (Fsp3) is 0.333. The number of carbonyl (C=O) groups excluding carboxylic acids is 1. The van der Waals surface area contributed by atoms with Gasteiger partial charge in [0.2, 0.25) is 0 Å². The summed E-state index contributed by atoms with van der Waals surface area (Å²) in [5.74, 6) is -1.93. The molecular formula is C12H12F2N2O2. The van der Waals surface area contributed by atoms with E-state index >= 15 is 0 Å². The van der Waals surface area contributed by atoms with Gasteiger partial charge in [-0.05, 0) is 19.9 Å². The quantitative estimate of drug-likeness (QED) is 0.875. The molecule has 96 valence electrons. The van der Waals surface area contributed by atoms with E-state index in [1.54, 1.807) is 13.8 Å². The second kappa shape index (κ2) is 4.04. The van der Waals surface area contributed by atoms with Crippen LogP contribution in [-0.4, -0.2) is 18.7 Å². The van der Waals surface area contributed by atoms with Gasteiger partial charge >= 0.3 is 0 Å². The van der Waals surface area contributed by atoms with E-state index < -0.39 is 17.0 Å². The fourth-order valence-corrected chi connectivity index (χ4v) is 1.76. The lowest BCUT2D eigenvalue weighted by Crippen LogP contribution is -2.33. The third-order valence-corrected chi connectivity index (χ3v) is 2.93. The predicted molar refractivity (Wildman–Crippen MR) is 61.4 cm³/mol. The van der Waals surface area contributed by atoms with Crippen molar-refractivity contribution in [3.05, 3.63) is 29.3 Å². The number of hydrazone groups is 1. The highest BCUT2D eigenvalue weighted by Gasteiger charge is 2.40. The summed E-state index contributed by atoms with van der Waals surface area (Å²) >= 11 is 0. The molecule has 1 aromatic rings. The first-order valence-electron chi connectivity index (χ1n) is 5.30. The zero-order chi connectivity index (χ0) is 13.5. The van der Waals surface area contributed by atoms with Crippen LogP contribution < -0.4 is 10.2 Å². The summed E-state index contributed by atoms with van der Waals surface area (Å²) in [5, 5.41) is 3.77. The van der Waals surface area contributed by atoms with E-state index in [1.165, 1.54) is 7.11 Å². The fourth-order valence-electron chi connectivity index (χ4n) is 1.76. The van der Waals surface area contributed by atoms with Crippen LogP contribution in [-0.2, 0) is 4.79 Å². The van der Waals surface area contributed by atoms with Crippen molar-refractivity contribution in [2.75, 3.05) is 7.11 Å². The van der Waals surface area contributed by atoms with Gasteiger partial charge in [-0.25, -0.2) is 14.2 Å². The van der Waals surface area contributed by atoms with Gasteiger partial charge in [0.05, 0.1) is 18.2 Å². The van der Waals surface area contributed by atoms with Gasteiger partial charge in [-0.2, -0.15) is 5.10 Å². The van der Waals surface area contributed by atoms with Crippen molar-refractivity contribution in [3.8, 4) is 5.75 Å². The zero-order valence-electron chi connectivity index (χ0n) is 10.2. The molecule has 1 heterocycles. The average Bonchev–Trinajstić information content (AvgIpc) is 2.57. The predicted octanol–water partition coefficient (Wildman–Crippen LogP) is 1.83. The highest BCUT2D eigenvalue weighted by molar-refractivity contribution is 6.19. The van der Waals surface area contributed by atoms with Crippen molar-refractivity contribution in [1.82, 2.24) is 5.43 Å². The number of nitrogens with zero attached hydrogens (tertiary/aromatic N) is 1. The van der Waals surface area contributed by atoms with Gasteiger partial charge in [0, 0.05) is 11.6 Å². The smallest absolute Gasteiger partial charge is 0.251 e. The van der Waals surface area contributed by atoms with E-state index in [0.717, 1.165) is 12.1 Å². The molecule has 0 aliphatic carbocycles. The second-order valence-corrected chi connectivity index (χ2v) is 4.49. The van der Waals surface area contributed by atoms with E-state index in [1.807, 2.05) is 0 Å². The number of benzene rings is 1. The van der Waals surface area contributed by atoms with E-state index in [2.05, 4.69) is 15.3 Å². The molecule has 0 atom stereocenters. The van der Waals surface area contributed by atoms with E-state index in [-0.39, 0.29) is 22.9 Å². The van der Waals surface area contributed by atoms with Crippen molar-refractivity contribution in [2.24, 2.45) is 10.5 Å².